The highest BCUT2D eigenvalue weighted by atomic mass is 16.5. The Morgan fingerprint density at radius 1 is 1.29 bits per heavy atom. The summed E-state index contributed by atoms with van der Waals surface area (Å²) in [7, 11) is 1.58. The van der Waals surface area contributed by atoms with Gasteiger partial charge in [-0.25, -0.2) is 0 Å². The first-order chi connectivity index (χ1) is 14.9. The third-order valence-electron chi connectivity index (χ3n) is 5.44. The van der Waals surface area contributed by atoms with E-state index in [0.717, 1.165) is 17.1 Å². The third kappa shape index (κ3) is 4.16. The van der Waals surface area contributed by atoms with Gasteiger partial charge >= 0.3 is 0 Å². The van der Waals surface area contributed by atoms with Crippen LogP contribution in [-0.4, -0.2) is 46.4 Å². The van der Waals surface area contributed by atoms with Crippen LogP contribution in [0.4, 0.5) is 5.69 Å². The van der Waals surface area contributed by atoms with Gasteiger partial charge in [-0.3, -0.25) is 14.3 Å². The first kappa shape index (κ1) is 20.6. The van der Waals surface area contributed by atoms with Crippen molar-refractivity contribution in [1.29, 1.82) is 0 Å². The van der Waals surface area contributed by atoms with Crippen molar-refractivity contribution >= 4 is 17.5 Å². The van der Waals surface area contributed by atoms with Gasteiger partial charge in [0.2, 0.25) is 5.91 Å². The van der Waals surface area contributed by atoms with Crippen LogP contribution < -0.4 is 15.0 Å². The molecule has 1 aliphatic heterocycles. The molecule has 2 aromatic heterocycles. The lowest BCUT2D eigenvalue weighted by Crippen LogP contribution is -2.37. The molecule has 3 aromatic rings. The summed E-state index contributed by atoms with van der Waals surface area (Å²) in [6.07, 6.45) is 0.215. The average Bonchev–Trinajstić information content (AvgIpc) is 3.39. The van der Waals surface area contributed by atoms with E-state index in [-0.39, 0.29) is 30.0 Å². The summed E-state index contributed by atoms with van der Waals surface area (Å²) < 4.78 is 12.3. The zero-order valence-electron chi connectivity index (χ0n) is 18.0. The smallest absolute Gasteiger partial charge is 0.274 e. The number of benzene rings is 1. The molecule has 0 spiro atoms. The van der Waals surface area contributed by atoms with Gasteiger partial charge in [0.15, 0.2) is 5.69 Å². The van der Waals surface area contributed by atoms with Crippen LogP contribution in [0.25, 0.3) is 0 Å². The van der Waals surface area contributed by atoms with Crippen molar-refractivity contribution in [2.24, 2.45) is 0 Å². The van der Waals surface area contributed by atoms with Gasteiger partial charge in [-0.05, 0) is 39.0 Å². The molecule has 4 rings (SSSR count). The van der Waals surface area contributed by atoms with Crippen LogP contribution in [0.1, 0.15) is 39.6 Å². The Hall–Kier alpha value is -3.62. The molecule has 1 fully saturated rings. The highest BCUT2D eigenvalue weighted by molar-refractivity contribution is 5.98. The predicted octanol–water partition coefficient (Wildman–Crippen LogP) is 2.39. The minimum atomic E-state index is -0.362. The lowest BCUT2D eigenvalue weighted by molar-refractivity contribution is -0.117. The summed E-state index contributed by atoms with van der Waals surface area (Å²) in [5.41, 5.74) is 3.53. The first-order valence-corrected chi connectivity index (χ1v) is 10.1. The highest BCUT2D eigenvalue weighted by Crippen LogP contribution is 2.26. The number of ether oxygens (including phenoxy) is 1. The number of rotatable bonds is 6. The second kappa shape index (κ2) is 8.25. The summed E-state index contributed by atoms with van der Waals surface area (Å²) in [6, 6.07) is 8.94. The summed E-state index contributed by atoms with van der Waals surface area (Å²) in [4.78, 5) is 27.1. The Balaban J connectivity index is 1.48. The summed E-state index contributed by atoms with van der Waals surface area (Å²) in [5.74, 6) is 0.819. The molecular formula is C22H25N5O4. The number of hydrogen-bond donors (Lipinski definition) is 1. The van der Waals surface area contributed by atoms with E-state index >= 15 is 0 Å². The van der Waals surface area contributed by atoms with E-state index < -0.39 is 0 Å². The van der Waals surface area contributed by atoms with Crippen molar-refractivity contribution < 1.29 is 18.8 Å². The molecular weight excluding hydrogens is 398 g/mol. The standard InChI is InChI=1S/C22H25N5O4/c1-13-8-14(2)27(24-13)12-19-15(3)31-25-21(19)22(29)23-16-9-20(28)26(11-16)17-6-5-7-18(10-17)30-4/h5-8,10,16H,9,11-12H2,1-4H3,(H,23,29)/t16-/m1/s1. The number of anilines is 1. The first-order valence-electron chi connectivity index (χ1n) is 10.1. The fourth-order valence-corrected chi connectivity index (χ4v) is 3.83. The molecule has 162 valence electrons. The molecule has 2 amide bonds. The van der Waals surface area contributed by atoms with Gasteiger partial charge in [0.25, 0.3) is 5.91 Å². The van der Waals surface area contributed by atoms with Gasteiger partial charge in [0.1, 0.15) is 11.5 Å². The molecule has 0 saturated carbocycles. The van der Waals surface area contributed by atoms with E-state index in [1.54, 1.807) is 25.0 Å². The molecule has 1 saturated heterocycles. The molecule has 1 aliphatic rings. The number of nitrogens with zero attached hydrogens (tertiary/aromatic N) is 4. The number of carbonyl (C=O) groups excluding carboxylic acids is 2. The lowest BCUT2D eigenvalue weighted by Gasteiger charge is -2.18. The molecule has 0 unspecified atom stereocenters. The van der Waals surface area contributed by atoms with E-state index in [1.807, 2.05) is 42.8 Å². The molecule has 0 bridgehead atoms. The average molecular weight is 423 g/mol. The Bertz CT molecular complexity index is 1130. The quantitative estimate of drug-likeness (QED) is 0.653. The van der Waals surface area contributed by atoms with Crippen molar-refractivity contribution in [3.63, 3.8) is 0 Å². The van der Waals surface area contributed by atoms with Gasteiger partial charge in [0, 0.05) is 36.0 Å². The van der Waals surface area contributed by atoms with Crippen LogP contribution in [0.15, 0.2) is 34.9 Å². The second-order valence-electron chi connectivity index (χ2n) is 7.73. The monoisotopic (exact) mass is 423 g/mol. The Morgan fingerprint density at radius 2 is 2.10 bits per heavy atom. The fraction of sp³-hybridized carbons (Fsp3) is 0.364. The Labute approximate surface area is 180 Å². The minimum absolute atomic E-state index is 0.0576. The molecule has 1 atom stereocenters. The van der Waals surface area contributed by atoms with Crippen LogP contribution in [0, 0.1) is 20.8 Å². The normalized spacial score (nSPS) is 16.1. The number of carbonyl (C=O) groups is 2. The molecule has 0 aliphatic carbocycles. The maximum Gasteiger partial charge on any atom is 0.274 e. The number of aromatic nitrogens is 3. The van der Waals surface area contributed by atoms with Crippen LogP contribution in [0.3, 0.4) is 0 Å². The van der Waals surface area contributed by atoms with Crippen molar-refractivity contribution in [1.82, 2.24) is 20.3 Å². The van der Waals surface area contributed by atoms with Crippen LogP contribution in [0.5, 0.6) is 5.75 Å². The highest BCUT2D eigenvalue weighted by Gasteiger charge is 2.33. The van der Waals surface area contributed by atoms with Crippen molar-refractivity contribution in [2.45, 2.75) is 39.8 Å². The lowest BCUT2D eigenvalue weighted by atomic mass is 10.1. The van der Waals surface area contributed by atoms with Crippen molar-refractivity contribution in [2.75, 3.05) is 18.6 Å². The molecule has 0 radical (unpaired) electrons. The molecule has 9 heteroatoms. The van der Waals surface area contributed by atoms with Crippen molar-refractivity contribution in [3.05, 3.63) is 58.7 Å². The van der Waals surface area contributed by atoms with Crippen LogP contribution in [-0.2, 0) is 11.3 Å². The Morgan fingerprint density at radius 3 is 2.81 bits per heavy atom. The van der Waals surface area contributed by atoms with Crippen LogP contribution >= 0.6 is 0 Å². The van der Waals surface area contributed by atoms with E-state index in [4.69, 9.17) is 9.26 Å². The summed E-state index contributed by atoms with van der Waals surface area (Å²) in [5, 5.41) is 11.3. The zero-order valence-corrected chi connectivity index (χ0v) is 18.0. The van der Waals surface area contributed by atoms with E-state index in [0.29, 0.717) is 30.2 Å². The zero-order chi connectivity index (χ0) is 22.1. The predicted molar refractivity (Wildman–Crippen MR) is 113 cm³/mol. The second-order valence-corrected chi connectivity index (χ2v) is 7.73. The third-order valence-corrected chi connectivity index (χ3v) is 5.44. The van der Waals surface area contributed by atoms with E-state index in [2.05, 4.69) is 15.6 Å². The van der Waals surface area contributed by atoms with E-state index in [1.165, 1.54) is 0 Å². The van der Waals surface area contributed by atoms with Gasteiger partial charge in [-0.2, -0.15) is 5.10 Å². The minimum Gasteiger partial charge on any atom is -0.497 e. The number of nitrogens with one attached hydrogen (secondary N) is 1. The maximum absolute atomic E-state index is 13.0. The topological polar surface area (TPSA) is 102 Å². The molecule has 9 nitrogen and oxygen atoms in total. The number of methoxy groups -OCH3 is 1. The molecule has 1 aromatic carbocycles. The van der Waals surface area contributed by atoms with E-state index in [9.17, 15) is 9.59 Å². The number of aryl methyl sites for hydroxylation is 3. The SMILES string of the molecule is COc1cccc(N2C[C@H](NC(=O)c3noc(C)c3Cn3nc(C)cc3C)CC2=O)c1. The maximum atomic E-state index is 13.0. The largest absolute Gasteiger partial charge is 0.497 e. The van der Waals surface area contributed by atoms with Crippen molar-refractivity contribution in [3.8, 4) is 5.75 Å². The van der Waals surface area contributed by atoms with Gasteiger partial charge in [-0.1, -0.05) is 11.2 Å². The van der Waals surface area contributed by atoms with Gasteiger partial charge in [0.05, 0.1) is 25.4 Å². The number of hydrogen-bond acceptors (Lipinski definition) is 6. The van der Waals surface area contributed by atoms with Gasteiger partial charge < -0.3 is 19.5 Å². The Kier molecular flexibility index (Phi) is 5.50. The molecule has 31 heavy (non-hydrogen) atoms. The molecule has 3 heterocycles. The number of amides is 2. The fourth-order valence-electron chi connectivity index (χ4n) is 3.83. The van der Waals surface area contributed by atoms with Gasteiger partial charge in [-0.15, -0.1) is 0 Å². The molecule has 1 N–H and O–H groups in total. The summed E-state index contributed by atoms with van der Waals surface area (Å²) >= 11 is 0. The van der Waals surface area contributed by atoms with Crippen LogP contribution in [0.2, 0.25) is 0 Å². The summed E-state index contributed by atoms with van der Waals surface area (Å²) in [6.45, 7) is 6.41.